The van der Waals surface area contributed by atoms with Crippen LogP contribution in [0.25, 0.3) is 0 Å². The van der Waals surface area contributed by atoms with Crippen molar-refractivity contribution in [2.24, 2.45) is 11.7 Å². The Balaban J connectivity index is 2.12. The molecule has 0 spiro atoms. The van der Waals surface area contributed by atoms with E-state index in [2.05, 4.69) is 6.92 Å². The number of rotatable bonds is 3. The van der Waals surface area contributed by atoms with E-state index in [-0.39, 0.29) is 0 Å². The first-order valence-electron chi connectivity index (χ1n) is 5.54. The molecule has 0 aromatic heterocycles. The van der Waals surface area contributed by atoms with Gasteiger partial charge >= 0.3 is 0 Å². The first kappa shape index (κ1) is 10.0. The van der Waals surface area contributed by atoms with Gasteiger partial charge in [0.2, 0.25) is 0 Å². The SMILES string of the molecule is C[C@H](N)CCC1CCCCCC1. The van der Waals surface area contributed by atoms with Crippen LogP contribution < -0.4 is 5.73 Å². The summed E-state index contributed by atoms with van der Waals surface area (Å²) in [7, 11) is 0. The molecule has 0 unspecified atom stereocenters. The Hall–Kier alpha value is -0.0400. The molecule has 0 heterocycles. The van der Waals surface area contributed by atoms with E-state index in [0.717, 1.165) is 5.92 Å². The van der Waals surface area contributed by atoms with Crippen LogP contribution in [0.15, 0.2) is 0 Å². The van der Waals surface area contributed by atoms with Gasteiger partial charge in [-0.15, -0.1) is 0 Å². The van der Waals surface area contributed by atoms with Crippen LogP contribution in [0, 0.1) is 5.92 Å². The van der Waals surface area contributed by atoms with Crippen molar-refractivity contribution in [3.8, 4) is 0 Å². The van der Waals surface area contributed by atoms with Crippen LogP contribution in [-0.2, 0) is 0 Å². The fraction of sp³-hybridized carbons (Fsp3) is 1.00. The molecule has 1 aliphatic carbocycles. The highest BCUT2D eigenvalue weighted by Gasteiger charge is 2.12. The van der Waals surface area contributed by atoms with E-state index in [1.165, 1.54) is 51.4 Å². The van der Waals surface area contributed by atoms with Gasteiger partial charge in [-0.05, 0) is 25.7 Å². The van der Waals surface area contributed by atoms with Gasteiger partial charge in [0.15, 0.2) is 0 Å². The molecule has 12 heavy (non-hydrogen) atoms. The minimum atomic E-state index is 0.410. The van der Waals surface area contributed by atoms with Crippen LogP contribution in [0.5, 0.6) is 0 Å². The third kappa shape index (κ3) is 4.10. The van der Waals surface area contributed by atoms with Crippen molar-refractivity contribution in [2.45, 2.75) is 64.3 Å². The number of nitrogens with two attached hydrogens (primary N) is 1. The maximum Gasteiger partial charge on any atom is 0.00105 e. The lowest BCUT2D eigenvalue weighted by atomic mass is 9.93. The highest BCUT2D eigenvalue weighted by atomic mass is 14.6. The average Bonchev–Trinajstić information content (AvgIpc) is 2.28. The first-order valence-corrected chi connectivity index (χ1v) is 5.54. The summed E-state index contributed by atoms with van der Waals surface area (Å²) in [5, 5.41) is 0. The van der Waals surface area contributed by atoms with Crippen LogP contribution in [0.1, 0.15) is 58.3 Å². The van der Waals surface area contributed by atoms with Gasteiger partial charge < -0.3 is 5.73 Å². The second-order valence-electron chi connectivity index (χ2n) is 4.41. The molecule has 1 atom stereocenters. The maximum atomic E-state index is 5.75. The summed E-state index contributed by atoms with van der Waals surface area (Å²) in [5.41, 5.74) is 5.75. The highest BCUT2D eigenvalue weighted by Crippen LogP contribution is 2.26. The normalized spacial score (nSPS) is 23.5. The lowest BCUT2D eigenvalue weighted by Crippen LogP contribution is -2.16. The largest absolute Gasteiger partial charge is 0.328 e. The Morgan fingerprint density at radius 2 is 1.75 bits per heavy atom. The van der Waals surface area contributed by atoms with Gasteiger partial charge in [-0.3, -0.25) is 0 Å². The first-order chi connectivity index (χ1) is 5.79. The lowest BCUT2D eigenvalue weighted by Gasteiger charge is -2.14. The van der Waals surface area contributed by atoms with E-state index >= 15 is 0 Å². The van der Waals surface area contributed by atoms with Crippen molar-refractivity contribution in [2.75, 3.05) is 0 Å². The Morgan fingerprint density at radius 1 is 1.17 bits per heavy atom. The minimum Gasteiger partial charge on any atom is -0.328 e. The summed E-state index contributed by atoms with van der Waals surface area (Å²) >= 11 is 0. The summed E-state index contributed by atoms with van der Waals surface area (Å²) in [6.07, 6.45) is 11.4. The second-order valence-corrected chi connectivity index (χ2v) is 4.41. The molecule has 72 valence electrons. The Morgan fingerprint density at radius 3 is 2.25 bits per heavy atom. The van der Waals surface area contributed by atoms with E-state index in [1.807, 2.05) is 0 Å². The zero-order chi connectivity index (χ0) is 8.81. The zero-order valence-electron chi connectivity index (χ0n) is 8.39. The van der Waals surface area contributed by atoms with Crippen molar-refractivity contribution in [3.63, 3.8) is 0 Å². The van der Waals surface area contributed by atoms with Crippen LogP contribution in [-0.4, -0.2) is 6.04 Å². The predicted molar refractivity (Wildman–Crippen MR) is 54.1 cm³/mol. The topological polar surface area (TPSA) is 26.0 Å². The standard InChI is InChI=1S/C11H23N/c1-10(12)8-9-11-6-4-2-3-5-7-11/h10-11H,2-9,12H2,1H3/t10-/m0/s1. The van der Waals surface area contributed by atoms with Gasteiger partial charge in [0, 0.05) is 6.04 Å². The molecule has 0 bridgehead atoms. The van der Waals surface area contributed by atoms with Gasteiger partial charge in [-0.1, -0.05) is 38.5 Å². The molecule has 1 heteroatoms. The molecular weight excluding hydrogens is 146 g/mol. The van der Waals surface area contributed by atoms with Gasteiger partial charge in [0.25, 0.3) is 0 Å². The second kappa shape index (κ2) is 5.58. The molecule has 1 nitrogen and oxygen atoms in total. The highest BCUT2D eigenvalue weighted by molar-refractivity contribution is 4.66. The summed E-state index contributed by atoms with van der Waals surface area (Å²) in [5.74, 6) is 0.999. The van der Waals surface area contributed by atoms with Gasteiger partial charge in [-0.2, -0.15) is 0 Å². The maximum absolute atomic E-state index is 5.75. The van der Waals surface area contributed by atoms with Crippen LogP contribution >= 0.6 is 0 Å². The minimum absolute atomic E-state index is 0.410. The molecule has 0 amide bonds. The van der Waals surface area contributed by atoms with Crippen molar-refractivity contribution in [1.82, 2.24) is 0 Å². The number of hydrogen-bond donors (Lipinski definition) is 1. The molecule has 0 aliphatic heterocycles. The molecule has 1 rings (SSSR count). The molecule has 1 saturated carbocycles. The summed E-state index contributed by atoms with van der Waals surface area (Å²) in [6.45, 7) is 2.12. The smallest absolute Gasteiger partial charge is 0.00105 e. The third-order valence-corrected chi connectivity index (χ3v) is 3.01. The fourth-order valence-corrected chi connectivity index (χ4v) is 2.15. The average molecular weight is 169 g/mol. The molecule has 0 radical (unpaired) electrons. The Kier molecular flexibility index (Phi) is 4.67. The van der Waals surface area contributed by atoms with Crippen molar-refractivity contribution < 1.29 is 0 Å². The molecule has 2 N–H and O–H groups in total. The quantitative estimate of drug-likeness (QED) is 0.645. The van der Waals surface area contributed by atoms with E-state index in [9.17, 15) is 0 Å². The van der Waals surface area contributed by atoms with E-state index < -0.39 is 0 Å². The van der Waals surface area contributed by atoms with Gasteiger partial charge in [-0.25, -0.2) is 0 Å². The molecule has 1 fully saturated rings. The number of hydrogen-bond acceptors (Lipinski definition) is 1. The molecule has 0 aromatic rings. The van der Waals surface area contributed by atoms with E-state index in [1.54, 1.807) is 0 Å². The molecule has 1 aliphatic rings. The summed E-state index contributed by atoms with van der Waals surface area (Å²) in [4.78, 5) is 0. The molecular formula is C11H23N. The third-order valence-electron chi connectivity index (χ3n) is 3.01. The fourth-order valence-electron chi connectivity index (χ4n) is 2.15. The van der Waals surface area contributed by atoms with Crippen molar-refractivity contribution in [1.29, 1.82) is 0 Å². The van der Waals surface area contributed by atoms with E-state index in [0.29, 0.717) is 6.04 Å². The monoisotopic (exact) mass is 169 g/mol. The zero-order valence-corrected chi connectivity index (χ0v) is 8.39. The predicted octanol–water partition coefficient (Wildman–Crippen LogP) is 3.08. The van der Waals surface area contributed by atoms with E-state index in [4.69, 9.17) is 5.73 Å². The van der Waals surface area contributed by atoms with Gasteiger partial charge in [0.05, 0.1) is 0 Å². The lowest BCUT2D eigenvalue weighted by molar-refractivity contribution is 0.401. The summed E-state index contributed by atoms with van der Waals surface area (Å²) < 4.78 is 0. The Bertz CT molecular complexity index is 102. The van der Waals surface area contributed by atoms with Crippen molar-refractivity contribution in [3.05, 3.63) is 0 Å². The van der Waals surface area contributed by atoms with Crippen LogP contribution in [0.4, 0.5) is 0 Å². The summed E-state index contributed by atoms with van der Waals surface area (Å²) in [6, 6.07) is 0.410. The molecule has 0 saturated heterocycles. The van der Waals surface area contributed by atoms with Crippen LogP contribution in [0.3, 0.4) is 0 Å². The van der Waals surface area contributed by atoms with Crippen LogP contribution in [0.2, 0.25) is 0 Å². The molecule has 0 aromatic carbocycles. The Labute approximate surface area is 76.7 Å². The van der Waals surface area contributed by atoms with Gasteiger partial charge in [0.1, 0.15) is 0 Å². The van der Waals surface area contributed by atoms with Crippen molar-refractivity contribution >= 4 is 0 Å².